The van der Waals surface area contributed by atoms with Crippen molar-refractivity contribution in [3.8, 4) is 0 Å². The van der Waals surface area contributed by atoms with Gasteiger partial charge in [-0.25, -0.2) is 4.79 Å². The summed E-state index contributed by atoms with van der Waals surface area (Å²) in [5.41, 5.74) is 5.43. The molecule has 36 heavy (non-hydrogen) atoms. The van der Waals surface area contributed by atoms with E-state index in [1.54, 1.807) is 0 Å². The predicted molar refractivity (Wildman–Crippen MR) is 145 cm³/mol. The maximum absolute atomic E-state index is 13.9. The van der Waals surface area contributed by atoms with Crippen LogP contribution < -0.4 is 10.2 Å². The van der Waals surface area contributed by atoms with Gasteiger partial charge in [0.05, 0.1) is 17.9 Å². The van der Waals surface area contributed by atoms with Crippen molar-refractivity contribution in [2.24, 2.45) is 0 Å². The lowest BCUT2D eigenvalue weighted by atomic mass is 10.0. The lowest BCUT2D eigenvalue weighted by Gasteiger charge is -2.33. The van der Waals surface area contributed by atoms with Crippen LogP contribution in [0.1, 0.15) is 44.4 Å². The molecule has 1 N–H and O–H groups in total. The summed E-state index contributed by atoms with van der Waals surface area (Å²) in [5, 5.41) is 2.83. The third-order valence-corrected chi connectivity index (χ3v) is 6.58. The summed E-state index contributed by atoms with van der Waals surface area (Å²) in [6.45, 7) is 8.94. The number of nitrogens with one attached hydrogen (secondary N) is 1. The SMILES string of the molecule is CC(C)N(CC(=O)N1c2ccccc2CCc2ccc(NC(=O)OCc3ccccc3)cc21)C(C)C. The number of amides is 2. The van der Waals surface area contributed by atoms with Crippen LogP contribution in [0, 0.1) is 0 Å². The fourth-order valence-electron chi connectivity index (χ4n) is 4.73. The number of ether oxygens (including phenoxy) is 1. The summed E-state index contributed by atoms with van der Waals surface area (Å²) < 4.78 is 5.40. The van der Waals surface area contributed by atoms with Gasteiger partial charge in [-0.1, -0.05) is 54.6 Å². The average Bonchev–Trinajstić information content (AvgIpc) is 3.03. The molecule has 0 atom stereocenters. The molecule has 3 aromatic rings. The van der Waals surface area contributed by atoms with Gasteiger partial charge >= 0.3 is 6.09 Å². The molecule has 0 spiro atoms. The quantitative estimate of drug-likeness (QED) is 0.426. The van der Waals surface area contributed by atoms with Crippen molar-refractivity contribution in [1.29, 1.82) is 0 Å². The zero-order valence-electron chi connectivity index (χ0n) is 21.5. The molecule has 0 saturated heterocycles. The molecular formula is C30H35N3O3. The van der Waals surface area contributed by atoms with Gasteiger partial charge in [-0.3, -0.25) is 19.9 Å². The number of anilines is 3. The van der Waals surface area contributed by atoms with Crippen molar-refractivity contribution in [3.63, 3.8) is 0 Å². The molecule has 0 aliphatic carbocycles. The van der Waals surface area contributed by atoms with Gasteiger partial charge in [0.25, 0.3) is 0 Å². The number of hydrogen-bond acceptors (Lipinski definition) is 4. The third kappa shape index (κ3) is 5.94. The Morgan fingerprint density at radius 3 is 2.19 bits per heavy atom. The summed E-state index contributed by atoms with van der Waals surface area (Å²) in [7, 11) is 0. The first kappa shape index (κ1) is 25.5. The minimum absolute atomic E-state index is 0.0109. The Bertz CT molecular complexity index is 1200. The number of rotatable bonds is 7. The minimum atomic E-state index is -0.531. The number of aryl methyl sites for hydroxylation is 2. The average molecular weight is 486 g/mol. The van der Waals surface area contributed by atoms with E-state index in [-0.39, 0.29) is 24.6 Å². The molecule has 0 saturated carbocycles. The third-order valence-electron chi connectivity index (χ3n) is 6.58. The van der Waals surface area contributed by atoms with E-state index in [1.807, 2.05) is 71.6 Å². The molecule has 1 aliphatic heterocycles. The van der Waals surface area contributed by atoms with Crippen LogP contribution in [-0.2, 0) is 29.0 Å². The van der Waals surface area contributed by atoms with Gasteiger partial charge in [0, 0.05) is 17.8 Å². The monoisotopic (exact) mass is 485 g/mol. The number of hydrogen-bond donors (Lipinski definition) is 1. The fourth-order valence-corrected chi connectivity index (χ4v) is 4.73. The molecule has 0 fully saturated rings. The maximum Gasteiger partial charge on any atom is 0.411 e. The van der Waals surface area contributed by atoms with E-state index >= 15 is 0 Å². The molecule has 2 amide bonds. The van der Waals surface area contributed by atoms with Crippen LogP contribution in [0.5, 0.6) is 0 Å². The topological polar surface area (TPSA) is 61.9 Å². The number of carbonyl (C=O) groups excluding carboxylic acids is 2. The largest absolute Gasteiger partial charge is 0.444 e. The van der Waals surface area contributed by atoms with E-state index in [0.717, 1.165) is 40.9 Å². The van der Waals surface area contributed by atoms with Gasteiger partial charge in [0.15, 0.2) is 0 Å². The summed E-state index contributed by atoms with van der Waals surface area (Å²) in [6.07, 6.45) is 1.13. The Balaban J connectivity index is 1.62. The Morgan fingerprint density at radius 2 is 1.50 bits per heavy atom. The van der Waals surface area contributed by atoms with Crippen LogP contribution in [0.25, 0.3) is 0 Å². The lowest BCUT2D eigenvalue weighted by molar-refractivity contribution is -0.120. The first-order valence-corrected chi connectivity index (χ1v) is 12.6. The minimum Gasteiger partial charge on any atom is -0.444 e. The Kier molecular flexibility index (Phi) is 8.06. The van der Waals surface area contributed by atoms with Gasteiger partial charge in [0.1, 0.15) is 6.61 Å². The standard InChI is InChI=1S/C30H35N3O3/c1-21(2)32(22(3)4)19-29(34)33-27-13-9-8-12-24(27)14-15-25-16-17-26(18-28(25)33)31-30(35)36-20-23-10-6-5-7-11-23/h5-13,16-18,21-22H,14-15,19-20H2,1-4H3,(H,31,35). The highest BCUT2D eigenvalue weighted by Gasteiger charge is 2.28. The van der Waals surface area contributed by atoms with Crippen molar-refractivity contribution in [1.82, 2.24) is 4.90 Å². The molecular weight excluding hydrogens is 450 g/mol. The van der Waals surface area contributed by atoms with E-state index in [9.17, 15) is 9.59 Å². The molecule has 188 valence electrons. The molecule has 3 aromatic carbocycles. The summed E-state index contributed by atoms with van der Waals surface area (Å²) in [6, 6.07) is 23.9. The van der Waals surface area contributed by atoms with Crippen LogP contribution in [0.15, 0.2) is 72.8 Å². The highest BCUT2D eigenvalue weighted by atomic mass is 16.5. The molecule has 6 heteroatoms. The first-order chi connectivity index (χ1) is 17.3. The van der Waals surface area contributed by atoms with Crippen molar-refractivity contribution in [3.05, 3.63) is 89.5 Å². The highest BCUT2D eigenvalue weighted by Crippen LogP contribution is 2.38. The second kappa shape index (κ2) is 11.4. The zero-order chi connectivity index (χ0) is 25.7. The van der Waals surface area contributed by atoms with Crippen molar-refractivity contribution < 1.29 is 14.3 Å². The molecule has 0 radical (unpaired) electrons. The zero-order valence-corrected chi connectivity index (χ0v) is 21.5. The van der Waals surface area contributed by atoms with Crippen molar-refractivity contribution in [2.45, 2.75) is 59.2 Å². The van der Waals surface area contributed by atoms with Crippen LogP contribution in [0.2, 0.25) is 0 Å². The number of nitrogens with zero attached hydrogens (tertiary/aromatic N) is 2. The van der Waals surface area contributed by atoms with Crippen LogP contribution in [0.4, 0.5) is 21.9 Å². The molecule has 1 aliphatic rings. The van der Waals surface area contributed by atoms with E-state index in [2.05, 4.69) is 44.0 Å². The lowest BCUT2D eigenvalue weighted by Crippen LogP contribution is -2.45. The van der Waals surface area contributed by atoms with E-state index in [1.165, 1.54) is 0 Å². The fraction of sp³-hybridized carbons (Fsp3) is 0.333. The summed E-state index contributed by atoms with van der Waals surface area (Å²) in [5.74, 6) is 0.0109. The van der Waals surface area contributed by atoms with Gasteiger partial charge in [0.2, 0.25) is 5.91 Å². The van der Waals surface area contributed by atoms with Crippen molar-refractivity contribution in [2.75, 3.05) is 16.8 Å². The predicted octanol–water partition coefficient (Wildman–Crippen LogP) is 6.32. The van der Waals surface area contributed by atoms with E-state index < -0.39 is 6.09 Å². The van der Waals surface area contributed by atoms with Crippen LogP contribution in [-0.4, -0.2) is 35.5 Å². The number of benzene rings is 3. The smallest absolute Gasteiger partial charge is 0.411 e. The Labute approximate surface area is 213 Å². The second-order valence-electron chi connectivity index (χ2n) is 9.75. The molecule has 0 unspecified atom stereocenters. The first-order valence-electron chi connectivity index (χ1n) is 12.6. The summed E-state index contributed by atoms with van der Waals surface area (Å²) in [4.78, 5) is 30.4. The maximum atomic E-state index is 13.9. The molecule has 0 bridgehead atoms. The van der Waals surface area contributed by atoms with Gasteiger partial charge in [-0.05, 0) is 75.4 Å². The normalized spacial score (nSPS) is 12.8. The number of para-hydroxylation sites is 1. The molecule has 1 heterocycles. The second-order valence-corrected chi connectivity index (χ2v) is 9.75. The Morgan fingerprint density at radius 1 is 0.861 bits per heavy atom. The van der Waals surface area contributed by atoms with Crippen LogP contribution >= 0.6 is 0 Å². The van der Waals surface area contributed by atoms with Gasteiger partial charge in [-0.15, -0.1) is 0 Å². The van der Waals surface area contributed by atoms with E-state index in [0.29, 0.717) is 12.2 Å². The van der Waals surface area contributed by atoms with Gasteiger partial charge in [-0.2, -0.15) is 0 Å². The van der Waals surface area contributed by atoms with Crippen LogP contribution in [0.3, 0.4) is 0 Å². The molecule has 4 rings (SSSR count). The number of fused-ring (bicyclic) bond motifs is 2. The van der Waals surface area contributed by atoms with Crippen molar-refractivity contribution >= 4 is 29.1 Å². The molecule has 6 nitrogen and oxygen atoms in total. The van der Waals surface area contributed by atoms with Gasteiger partial charge < -0.3 is 4.74 Å². The Hall–Kier alpha value is -3.64. The molecule has 0 aromatic heterocycles. The number of carbonyl (C=O) groups is 2. The summed E-state index contributed by atoms with van der Waals surface area (Å²) >= 11 is 0. The highest BCUT2D eigenvalue weighted by molar-refractivity contribution is 6.04. The van der Waals surface area contributed by atoms with E-state index in [4.69, 9.17) is 4.74 Å².